The maximum atomic E-state index is 13.0. The first kappa shape index (κ1) is 20.3. The summed E-state index contributed by atoms with van der Waals surface area (Å²) in [6.45, 7) is 3.36. The third kappa shape index (κ3) is 4.02. The second-order valence-electron chi connectivity index (χ2n) is 7.05. The number of carbonyl (C=O) groups is 2. The standard InChI is InChI=1S/C24H20N2O5/c1-3-21(27)30-13-16-12-25-14(2)22-18(16)11-19(24(29)31-22)23(28)26-20-10-6-8-15-7-4-5-9-17(15)20/h4-12H,3,13H2,1-2H3,(H,26,28). The van der Waals surface area contributed by atoms with Gasteiger partial charge >= 0.3 is 11.6 Å². The molecule has 0 bridgehead atoms. The van der Waals surface area contributed by atoms with E-state index in [1.807, 2.05) is 36.4 Å². The Hall–Kier alpha value is -4.00. The van der Waals surface area contributed by atoms with E-state index < -0.39 is 11.5 Å². The van der Waals surface area contributed by atoms with Crippen LogP contribution >= 0.6 is 0 Å². The summed E-state index contributed by atoms with van der Waals surface area (Å²) in [5, 5.41) is 5.12. The van der Waals surface area contributed by atoms with Gasteiger partial charge in [-0.1, -0.05) is 43.3 Å². The van der Waals surface area contributed by atoms with Crippen molar-refractivity contribution in [1.82, 2.24) is 4.98 Å². The molecule has 0 spiro atoms. The Bertz CT molecular complexity index is 1370. The molecule has 4 aromatic rings. The van der Waals surface area contributed by atoms with Gasteiger partial charge in [0.15, 0.2) is 5.58 Å². The molecule has 0 fully saturated rings. The molecule has 0 aliphatic rings. The second kappa shape index (κ2) is 8.39. The van der Waals surface area contributed by atoms with Crippen LogP contribution in [0.4, 0.5) is 5.69 Å². The zero-order valence-electron chi connectivity index (χ0n) is 17.1. The first-order valence-corrected chi connectivity index (χ1v) is 9.85. The van der Waals surface area contributed by atoms with Crippen LogP contribution in [-0.4, -0.2) is 16.9 Å². The highest BCUT2D eigenvalue weighted by molar-refractivity contribution is 6.10. The molecule has 0 aliphatic carbocycles. The summed E-state index contributed by atoms with van der Waals surface area (Å²) in [6, 6.07) is 14.6. The van der Waals surface area contributed by atoms with Crippen LogP contribution in [0.2, 0.25) is 0 Å². The van der Waals surface area contributed by atoms with Crippen LogP contribution in [0.25, 0.3) is 21.7 Å². The first-order chi connectivity index (χ1) is 15.0. The van der Waals surface area contributed by atoms with Crippen LogP contribution in [0, 0.1) is 6.92 Å². The summed E-state index contributed by atoms with van der Waals surface area (Å²) in [4.78, 5) is 41.3. The Morgan fingerprint density at radius 2 is 1.87 bits per heavy atom. The summed E-state index contributed by atoms with van der Waals surface area (Å²) < 4.78 is 10.6. The molecule has 0 aliphatic heterocycles. The summed E-state index contributed by atoms with van der Waals surface area (Å²) >= 11 is 0. The number of aryl methyl sites for hydroxylation is 1. The van der Waals surface area contributed by atoms with E-state index in [1.54, 1.807) is 26.1 Å². The van der Waals surface area contributed by atoms with Gasteiger partial charge in [0, 0.05) is 34.6 Å². The predicted molar refractivity (Wildman–Crippen MR) is 117 cm³/mol. The minimum atomic E-state index is -0.766. The van der Waals surface area contributed by atoms with E-state index in [2.05, 4.69) is 10.3 Å². The number of nitrogens with one attached hydrogen (secondary N) is 1. The average Bonchev–Trinajstić information content (AvgIpc) is 2.78. The van der Waals surface area contributed by atoms with E-state index in [1.165, 1.54) is 6.07 Å². The molecule has 2 aromatic heterocycles. The molecule has 2 aromatic carbocycles. The van der Waals surface area contributed by atoms with Crippen molar-refractivity contribution in [3.63, 3.8) is 0 Å². The fraction of sp³-hybridized carbons (Fsp3) is 0.167. The van der Waals surface area contributed by atoms with Crippen molar-refractivity contribution in [1.29, 1.82) is 0 Å². The van der Waals surface area contributed by atoms with Crippen LogP contribution in [0.15, 0.2) is 63.9 Å². The topological polar surface area (TPSA) is 98.5 Å². The fourth-order valence-corrected chi connectivity index (χ4v) is 3.34. The minimum Gasteiger partial charge on any atom is -0.461 e. The number of amides is 1. The molecule has 0 unspecified atom stereocenters. The minimum absolute atomic E-state index is 0.0332. The van der Waals surface area contributed by atoms with E-state index >= 15 is 0 Å². The third-order valence-electron chi connectivity index (χ3n) is 5.00. The number of pyridine rings is 1. The lowest BCUT2D eigenvalue weighted by molar-refractivity contribution is -0.144. The number of rotatable bonds is 5. The van der Waals surface area contributed by atoms with Crippen molar-refractivity contribution >= 4 is 39.3 Å². The van der Waals surface area contributed by atoms with Crippen LogP contribution in [0.3, 0.4) is 0 Å². The van der Waals surface area contributed by atoms with Crippen molar-refractivity contribution in [2.45, 2.75) is 26.9 Å². The Kier molecular flexibility index (Phi) is 5.49. The van der Waals surface area contributed by atoms with Crippen molar-refractivity contribution in [2.24, 2.45) is 0 Å². The monoisotopic (exact) mass is 416 g/mol. The van der Waals surface area contributed by atoms with Crippen molar-refractivity contribution < 1.29 is 18.7 Å². The number of anilines is 1. The first-order valence-electron chi connectivity index (χ1n) is 9.85. The number of hydrogen-bond acceptors (Lipinski definition) is 6. The Morgan fingerprint density at radius 1 is 1.10 bits per heavy atom. The average molecular weight is 416 g/mol. The van der Waals surface area contributed by atoms with E-state index in [9.17, 15) is 14.4 Å². The highest BCUT2D eigenvalue weighted by Crippen LogP contribution is 2.25. The van der Waals surface area contributed by atoms with E-state index in [0.29, 0.717) is 22.3 Å². The number of aromatic nitrogens is 1. The predicted octanol–water partition coefficient (Wildman–Crippen LogP) is 4.36. The Balaban J connectivity index is 1.74. The van der Waals surface area contributed by atoms with Gasteiger partial charge in [0.25, 0.3) is 5.91 Å². The zero-order valence-corrected chi connectivity index (χ0v) is 17.1. The van der Waals surface area contributed by atoms with E-state index in [0.717, 1.165) is 10.8 Å². The van der Waals surface area contributed by atoms with Crippen molar-refractivity contribution in [3.8, 4) is 0 Å². The SMILES string of the molecule is CCC(=O)OCc1cnc(C)c2oc(=O)c(C(=O)Nc3cccc4ccccc34)cc12. The molecule has 0 radical (unpaired) electrons. The Morgan fingerprint density at radius 3 is 2.68 bits per heavy atom. The van der Waals surface area contributed by atoms with Gasteiger partial charge in [0.2, 0.25) is 0 Å². The number of fused-ring (bicyclic) bond motifs is 2. The van der Waals surface area contributed by atoms with Gasteiger partial charge in [-0.15, -0.1) is 0 Å². The fourth-order valence-electron chi connectivity index (χ4n) is 3.34. The van der Waals surface area contributed by atoms with Gasteiger partial charge in [-0.05, 0) is 24.4 Å². The molecule has 0 saturated carbocycles. The zero-order chi connectivity index (χ0) is 22.0. The summed E-state index contributed by atoms with van der Waals surface area (Å²) in [6.07, 6.45) is 1.79. The van der Waals surface area contributed by atoms with Gasteiger partial charge in [-0.25, -0.2) is 4.79 Å². The second-order valence-corrected chi connectivity index (χ2v) is 7.05. The quantitative estimate of drug-likeness (QED) is 0.486. The molecular formula is C24H20N2O5. The summed E-state index contributed by atoms with van der Waals surface area (Å²) in [7, 11) is 0. The van der Waals surface area contributed by atoms with Crippen LogP contribution in [0.5, 0.6) is 0 Å². The number of hydrogen-bond donors (Lipinski definition) is 1. The third-order valence-corrected chi connectivity index (χ3v) is 5.00. The number of benzene rings is 2. The molecule has 1 N–H and O–H groups in total. The molecule has 4 rings (SSSR count). The number of carbonyl (C=O) groups excluding carboxylic acids is 2. The van der Waals surface area contributed by atoms with Gasteiger partial charge in [-0.2, -0.15) is 0 Å². The molecule has 0 saturated heterocycles. The molecule has 2 heterocycles. The van der Waals surface area contributed by atoms with Crippen molar-refractivity contribution in [2.75, 3.05) is 5.32 Å². The lowest BCUT2D eigenvalue weighted by Crippen LogP contribution is -2.21. The Labute approximate surface area is 177 Å². The molecule has 156 valence electrons. The van der Waals surface area contributed by atoms with Gasteiger partial charge in [0.05, 0.1) is 5.69 Å². The number of nitrogens with zero attached hydrogens (tertiary/aromatic N) is 1. The highest BCUT2D eigenvalue weighted by atomic mass is 16.5. The summed E-state index contributed by atoms with van der Waals surface area (Å²) in [5.74, 6) is -0.946. The van der Waals surface area contributed by atoms with E-state index in [-0.39, 0.29) is 30.1 Å². The maximum Gasteiger partial charge on any atom is 0.349 e. The van der Waals surface area contributed by atoms with Crippen molar-refractivity contribution in [3.05, 3.63) is 82.0 Å². The number of ether oxygens (including phenoxy) is 1. The molecule has 7 nitrogen and oxygen atoms in total. The van der Waals surface area contributed by atoms with Gasteiger partial charge in [-0.3, -0.25) is 14.6 Å². The largest absolute Gasteiger partial charge is 0.461 e. The summed E-state index contributed by atoms with van der Waals surface area (Å²) in [5.41, 5.74) is 0.985. The lowest BCUT2D eigenvalue weighted by atomic mass is 10.1. The van der Waals surface area contributed by atoms with Gasteiger partial charge in [0.1, 0.15) is 12.2 Å². The number of esters is 1. The van der Waals surface area contributed by atoms with E-state index in [4.69, 9.17) is 9.15 Å². The maximum absolute atomic E-state index is 13.0. The van der Waals surface area contributed by atoms with Gasteiger partial charge < -0.3 is 14.5 Å². The van der Waals surface area contributed by atoms with Crippen LogP contribution < -0.4 is 10.9 Å². The molecule has 31 heavy (non-hydrogen) atoms. The lowest BCUT2D eigenvalue weighted by Gasteiger charge is -2.11. The highest BCUT2D eigenvalue weighted by Gasteiger charge is 2.18. The van der Waals surface area contributed by atoms with Crippen LogP contribution in [0.1, 0.15) is 35.0 Å². The normalized spacial score (nSPS) is 10.9. The molecule has 1 amide bonds. The smallest absolute Gasteiger partial charge is 0.349 e. The molecule has 7 heteroatoms. The molecule has 0 atom stereocenters. The van der Waals surface area contributed by atoms with Crippen LogP contribution in [-0.2, 0) is 16.1 Å². The molecular weight excluding hydrogens is 396 g/mol.